The molecule has 0 N–H and O–H groups in total. The first-order valence-electron chi connectivity index (χ1n) is 9.21. The first-order valence-corrected chi connectivity index (χ1v) is 11.0. The summed E-state index contributed by atoms with van der Waals surface area (Å²) in [7, 11) is 0. The van der Waals surface area contributed by atoms with Gasteiger partial charge < -0.3 is 9.64 Å². The van der Waals surface area contributed by atoms with E-state index in [0.717, 1.165) is 54.0 Å². The first-order chi connectivity index (χ1) is 12.8. The van der Waals surface area contributed by atoms with E-state index in [1.807, 2.05) is 17.8 Å². The smallest absolute Gasteiger partial charge is 0.151 e. The number of ether oxygens (including phenoxy) is 1. The van der Waals surface area contributed by atoms with E-state index in [1.54, 1.807) is 11.3 Å². The third-order valence-corrected chi connectivity index (χ3v) is 6.53. The topological polar surface area (TPSA) is 25.4 Å². The number of thioether (sulfide) groups is 1. The Morgan fingerprint density at radius 3 is 2.65 bits per heavy atom. The Labute approximate surface area is 164 Å². The maximum Gasteiger partial charge on any atom is 0.151 e. The number of likely N-dealkylation sites (N-methyl/N-ethyl adjacent to an activating group) is 1. The van der Waals surface area contributed by atoms with Crippen molar-refractivity contribution in [2.45, 2.75) is 24.6 Å². The fourth-order valence-electron chi connectivity index (χ4n) is 2.77. The van der Waals surface area contributed by atoms with E-state index in [2.05, 4.69) is 61.2 Å². The van der Waals surface area contributed by atoms with Crippen molar-refractivity contribution in [3.05, 3.63) is 54.1 Å². The molecule has 0 atom stereocenters. The first kappa shape index (κ1) is 19.2. The molecule has 1 heterocycles. The molecule has 5 heteroatoms. The maximum absolute atomic E-state index is 5.93. The third-order valence-electron chi connectivity index (χ3n) is 4.37. The quantitative estimate of drug-likeness (QED) is 0.439. The number of benzene rings is 2. The van der Waals surface area contributed by atoms with Gasteiger partial charge in [-0.3, -0.25) is 0 Å². The molecule has 1 aromatic heterocycles. The minimum Gasteiger partial charge on any atom is -0.492 e. The summed E-state index contributed by atoms with van der Waals surface area (Å²) in [6, 6.07) is 16.8. The zero-order valence-corrected chi connectivity index (χ0v) is 17.1. The van der Waals surface area contributed by atoms with E-state index in [9.17, 15) is 0 Å². The lowest BCUT2D eigenvalue weighted by Crippen LogP contribution is -2.27. The van der Waals surface area contributed by atoms with Crippen LogP contribution in [0.2, 0.25) is 0 Å². The van der Waals surface area contributed by atoms with Crippen LogP contribution in [0, 0.1) is 0 Å². The molecule has 0 aliphatic carbocycles. The summed E-state index contributed by atoms with van der Waals surface area (Å²) in [6.45, 7) is 8.20. The van der Waals surface area contributed by atoms with Crippen LogP contribution in [0.15, 0.2) is 52.9 Å². The Bertz CT molecular complexity index is 800. The van der Waals surface area contributed by atoms with Crippen LogP contribution in [0.25, 0.3) is 10.2 Å². The highest BCUT2D eigenvalue weighted by molar-refractivity contribution is 8.01. The Hall–Kier alpha value is -1.56. The molecule has 0 fully saturated rings. The molecule has 0 saturated heterocycles. The average Bonchev–Trinajstić information content (AvgIpc) is 3.08. The van der Waals surface area contributed by atoms with Gasteiger partial charge in [0.25, 0.3) is 0 Å². The van der Waals surface area contributed by atoms with Crippen molar-refractivity contribution in [3.8, 4) is 5.75 Å². The Morgan fingerprint density at radius 2 is 1.88 bits per heavy atom. The van der Waals surface area contributed by atoms with Gasteiger partial charge >= 0.3 is 0 Å². The van der Waals surface area contributed by atoms with Crippen LogP contribution in [0.5, 0.6) is 5.75 Å². The Balaban J connectivity index is 1.53. The molecule has 3 aromatic rings. The van der Waals surface area contributed by atoms with Crippen LogP contribution in [-0.4, -0.2) is 41.9 Å². The molecule has 0 spiro atoms. The van der Waals surface area contributed by atoms with Crippen molar-refractivity contribution in [1.29, 1.82) is 0 Å². The fraction of sp³-hybridized carbons (Fsp3) is 0.381. The van der Waals surface area contributed by atoms with Gasteiger partial charge in [0.1, 0.15) is 12.4 Å². The highest BCUT2D eigenvalue weighted by Crippen LogP contribution is 2.32. The number of nitrogens with zero attached hydrogens (tertiary/aromatic N) is 2. The molecule has 2 aromatic carbocycles. The van der Waals surface area contributed by atoms with Gasteiger partial charge in [-0.1, -0.05) is 55.9 Å². The van der Waals surface area contributed by atoms with E-state index in [0.29, 0.717) is 0 Å². The van der Waals surface area contributed by atoms with Crippen LogP contribution in [-0.2, 0) is 6.42 Å². The molecule has 0 amide bonds. The summed E-state index contributed by atoms with van der Waals surface area (Å²) in [4.78, 5) is 7.11. The number of rotatable bonds is 10. The van der Waals surface area contributed by atoms with Crippen LogP contribution >= 0.6 is 23.1 Å². The second kappa shape index (κ2) is 9.95. The van der Waals surface area contributed by atoms with Crippen LogP contribution in [0.1, 0.15) is 19.4 Å². The second-order valence-corrected chi connectivity index (χ2v) is 8.44. The largest absolute Gasteiger partial charge is 0.492 e. The van der Waals surface area contributed by atoms with Crippen molar-refractivity contribution >= 4 is 33.3 Å². The molecule has 0 bridgehead atoms. The highest BCUT2D eigenvalue weighted by Gasteiger charge is 2.07. The summed E-state index contributed by atoms with van der Waals surface area (Å²) in [5.41, 5.74) is 2.44. The van der Waals surface area contributed by atoms with Gasteiger partial charge in [0.05, 0.1) is 10.2 Å². The molecule has 0 aliphatic rings. The summed E-state index contributed by atoms with van der Waals surface area (Å²) in [6.07, 6.45) is 1.07. The Morgan fingerprint density at radius 1 is 1.08 bits per heavy atom. The van der Waals surface area contributed by atoms with Crippen molar-refractivity contribution in [1.82, 2.24) is 9.88 Å². The van der Waals surface area contributed by atoms with E-state index in [4.69, 9.17) is 9.72 Å². The standard InChI is InChI=1S/C21H26N2OS2/c1-3-23(4-2)13-14-24-18-10-11-19-20(16-18)26-21(22-19)25-15-12-17-8-6-5-7-9-17/h5-11,16H,3-4,12-15H2,1-2H3. The number of thiazole rings is 1. The zero-order chi connectivity index (χ0) is 18.2. The molecule has 0 aliphatic heterocycles. The van der Waals surface area contributed by atoms with Crippen molar-refractivity contribution in [3.63, 3.8) is 0 Å². The zero-order valence-electron chi connectivity index (χ0n) is 15.5. The summed E-state index contributed by atoms with van der Waals surface area (Å²) >= 11 is 3.59. The molecular formula is C21H26N2OS2. The van der Waals surface area contributed by atoms with E-state index in [-0.39, 0.29) is 0 Å². The van der Waals surface area contributed by atoms with Gasteiger partial charge in [0, 0.05) is 12.3 Å². The normalized spacial score (nSPS) is 11.3. The van der Waals surface area contributed by atoms with E-state index < -0.39 is 0 Å². The summed E-state index contributed by atoms with van der Waals surface area (Å²) in [5, 5.41) is 0. The summed E-state index contributed by atoms with van der Waals surface area (Å²) < 4.78 is 8.26. The molecule has 3 nitrogen and oxygen atoms in total. The lowest BCUT2D eigenvalue weighted by atomic mass is 10.2. The molecule has 26 heavy (non-hydrogen) atoms. The number of hydrogen-bond donors (Lipinski definition) is 0. The number of aromatic nitrogens is 1. The van der Waals surface area contributed by atoms with Gasteiger partial charge in [0.2, 0.25) is 0 Å². The van der Waals surface area contributed by atoms with Gasteiger partial charge in [-0.05, 0) is 43.3 Å². The third kappa shape index (κ3) is 5.47. The molecule has 0 unspecified atom stereocenters. The lowest BCUT2D eigenvalue weighted by Gasteiger charge is -2.17. The van der Waals surface area contributed by atoms with Crippen LogP contribution < -0.4 is 4.74 Å². The van der Waals surface area contributed by atoms with Gasteiger partial charge in [0.15, 0.2) is 4.34 Å². The molecular weight excluding hydrogens is 360 g/mol. The Kier molecular flexibility index (Phi) is 7.35. The van der Waals surface area contributed by atoms with Crippen molar-refractivity contribution in [2.75, 3.05) is 32.0 Å². The minimum atomic E-state index is 0.727. The predicted octanol–water partition coefficient (Wildman–Crippen LogP) is 5.35. The summed E-state index contributed by atoms with van der Waals surface area (Å²) in [5.74, 6) is 1.99. The highest BCUT2D eigenvalue weighted by atomic mass is 32.2. The molecule has 0 saturated carbocycles. The van der Waals surface area contributed by atoms with Gasteiger partial charge in [-0.2, -0.15) is 0 Å². The fourth-order valence-corrected chi connectivity index (χ4v) is 4.92. The second-order valence-electron chi connectivity index (χ2n) is 6.07. The van der Waals surface area contributed by atoms with Crippen LogP contribution in [0.4, 0.5) is 0 Å². The lowest BCUT2D eigenvalue weighted by molar-refractivity contribution is 0.223. The average molecular weight is 387 g/mol. The predicted molar refractivity (Wildman–Crippen MR) is 114 cm³/mol. The maximum atomic E-state index is 5.93. The SMILES string of the molecule is CCN(CC)CCOc1ccc2nc(SCCc3ccccc3)sc2c1. The van der Waals surface area contributed by atoms with Crippen LogP contribution in [0.3, 0.4) is 0 Å². The number of fused-ring (bicyclic) bond motifs is 1. The van der Waals surface area contributed by atoms with E-state index >= 15 is 0 Å². The van der Waals surface area contributed by atoms with Crippen molar-refractivity contribution in [2.24, 2.45) is 0 Å². The molecule has 3 rings (SSSR count). The molecule has 0 radical (unpaired) electrons. The van der Waals surface area contributed by atoms with Crippen molar-refractivity contribution < 1.29 is 4.74 Å². The minimum absolute atomic E-state index is 0.727. The monoisotopic (exact) mass is 386 g/mol. The van der Waals surface area contributed by atoms with E-state index in [1.165, 1.54) is 10.3 Å². The number of aryl methyl sites for hydroxylation is 1. The van der Waals surface area contributed by atoms with Gasteiger partial charge in [-0.25, -0.2) is 4.98 Å². The number of hydrogen-bond acceptors (Lipinski definition) is 5. The molecule has 138 valence electrons. The van der Waals surface area contributed by atoms with Gasteiger partial charge in [-0.15, -0.1) is 11.3 Å².